The fraction of sp³-hybridized carbons (Fsp3) is 0.818. The van der Waals surface area contributed by atoms with E-state index >= 15 is 0 Å². The number of carboxylic acid groups (broad SMARTS) is 1. The molecule has 1 fully saturated rings. The summed E-state index contributed by atoms with van der Waals surface area (Å²) in [5.74, 6) is -0.933. The number of likely N-dealkylation sites (tertiary alicyclic amines) is 1. The zero-order valence-corrected chi connectivity index (χ0v) is 10.3. The second-order valence-electron chi connectivity index (χ2n) is 4.20. The van der Waals surface area contributed by atoms with Gasteiger partial charge in [-0.2, -0.15) is 0 Å². The van der Waals surface area contributed by atoms with E-state index < -0.39 is 12.0 Å². The van der Waals surface area contributed by atoms with Crippen LogP contribution in [0.25, 0.3) is 0 Å². The number of hydrogen-bond acceptors (Lipinski definition) is 3. The summed E-state index contributed by atoms with van der Waals surface area (Å²) in [6, 6.07) is -1.06. The molecule has 2 amide bonds. The van der Waals surface area contributed by atoms with Gasteiger partial charge in [-0.15, -0.1) is 0 Å². The molecule has 2 N–H and O–H groups in total. The smallest absolute Gasteiger partial charge is 0.326 e. The fourth-order valence-electron chi connectivity index (χ4n) is 1.99. The predicted molar refractivity (Wildman–Crippen MR) is 61.9 cm³/mol. The topological polar surface area (TPSA) is 78.9 Å². The molecule has 0 aromatic heterocycles. The summed E-state index contributed by atoms with van der Waals surface area (Å²) in [4.78, 5) is 24.2. The summed E-state index contributed by atoms with van der Waals surface area (Å²) in [5.41, 5.74) is 0. The first-order valence-electron chi connectivity index (χ1n) is 5.89. The van der Waals surface area contributed by atoms with Gasteiger partial charge in [-0.3, -0.25) is 0 Å². The van der Waals surface area contributed by atoms with Crippen molar-refractivity contribution in [3.05, 3.63) is 0 Å². The Morgan fingerprint density at radius 3 is 2.82 bits per heavy atom. The van der Waals surface area contributed by atoms with E-state index in [4.69, 9.17) is 9.84 Å². The molecule has 1 heterocycles. The van der Waals surface area contributed by atoms with Crippen LogP contribution in [0.3, 0.4) is 0 Å². The van der Waals surface area contributed by atoms with Gasteiger partial charge in [0.2, 0.25) is 0 Å². The number of ether oxygens (including phenoxy) is 1. The Kier molecular flexibility index (Phi) is 5.21. The number of methoxy groups -OCH3 is 1. The van der Waals surface area contributed by atoms with Gasteiger partial charge in [-0.25, -0.2) is 9.59 Å². The minimum atomic E-state index is -0.933. The molecule has 98 valence electrons. The van der Waals surface area contributed by atoms with Crippen molar-refractivity contribution in [2.24, 2.45) is 0 Å². The zero-order valence-electron chi connectivity index (χ0n) is 10.3. The molecule has 1 aliphatic rings. The van der Waals surface area contributed by atoms with Crippen LogP contribution in [-0.2, 0) is 9.53 Å². The molecule has 0 aliphatic carbocycles. The molecular formula is C11H20N2O4. The summed E-state index contributed by atoms with van der Waals surface area (Å²) in [6.07, 6.45) is 2.03. The van der Waals surface area contributed by atoms with E-state index in [2.05, 4.69) is 5.32 Å². The molecule has 6 heteroatoms. The third-order valence-corrected chi connectivity index (χ3v) is 2.99. The first-order chi connectivity index (χ1) is 8.10. The van der Waals surface area contributed by atoms with E-state index in [1.165, 1.54) is 4.90 Å². The number of nitrogens with zero attached hydrogens (tertiary/aromatic N) is 1. The lowest BCUT2D eigenvalue weighted by molar-refractivity contribution is -0.141. The highest BCUT2D eigenvalue weighted by molar-refractivity contribution is 5.83. The van der Waals surface area contributed by atoms with Crippen LogP contribution in [0.4, 0.5) is 4.79 Å². The molecule has 0 bridgehead atoms. The van der Waals surface area contributed by atoms with E-state index in [9.17, 15) is 9.59 Å². The van der Waals surface area contributed by atoms with Gasteiger partial charge < -0.3 is 20.1 Å². The van der Waals surface area contributed by atoms with Crippen LogP contribution in [0.2, 0.25) is 0 Å². The largest absolute Gasteiger partial charge is 0.480 e. The van der Waals surface area contributed by atoms with Gasteiger partial charge in [0, 0.05) is 13.7 Å². The molecule has 0 aromatic carbocycles. The lowest BCUT2D eigenvalue weighted by Crippen LogP contribution is -2.50. The van der Waals surface area contributed by atoms with Gasteiger partial charge in [-0.05, 0) is 19.3 Å². The zero-order chi connectivity index (χ0) is 12.8. The Morgan fingerprint density at radius 2 is 2.29 bits per heavy atom. The van der Waals surface area contributed by atoms with Gasteiger partial charge in [0.25, 0.3) is 0 Å². The first-order valence-corrected chi connectivity index (χ1v) is 5.89. The Balaban J connectivity index is 2.54. The summed E-state index contributed by atoms with van der Waals surface area (Å²) in [5, 5.41) is 11.8. The Bertz CT molecular complexity index is 283. The van der Waals surface area contributed by atoms with Crippen LogP contribution in [0.1, 0.15) is 26.2 Å². The van der Waals surface area contributed by atoms with Crippen LogP contribution in [0.5, 0.6) is 0 Å². The highest BCUT2D eigenvalue weighted by Gasteiger charge is 2.34. The van der Waals surface area contributed by atoms with Crippen LogP contribution in [0.15, 0.2) is 0 Å². The lowest BCUT2D eigenvalue weighted by Gasteiger charge is -2.25. The number of carbonyl (C=O) groups is 2. The van der Waals surface area contributed by atoms with Gasteiger partial charge in [0.1, 0.15) is 6.04 Å². The highest BCUT2D eigenvalue weighted by Crippen LogP contribution is 2.17. The molecule has 0 saturated carbocycles. The van der Waals surface area contributed by atoms with Crippen molar-refractivity contribution in [2.45, 2.75) is 38.3 Å². The van der Waals surface area contributed by atoms with Gasteiger partial charge >= 0.3 is 12.0 Å². The van der Waals surface area contributed by atoms with Gasteiger partial charge in [-0.1, -0.05) is 6.92 Å². The quantitative estimate of drug-likeness (QED) is 0.745. The van der Waals surface area contributed by atoms with Crippen molar-refractivity contribution in [2.75, 3.05) is 20.3 Å². The third-order valence-electron chi connectivity index (χ3n) is 2.99. The average molecular weight is 244 g/mol. The van der Waals surface area contributed by atoms with E-state index in [0.29, 0.717) is 19.6 Å². The molecule has 0 aromatic rings. The van der Waals surface area contributed by atoms with E-state index in [0.717, 1.165) is 12.8 Å². The van der Waals surface area contributed by atoms with Crippen molar-refractivity contribution >= 4 is 12.0 Å². The molecular weight excluding hydrogens is 224 g/mol. The molecule has 1 saturated heterocycles. The predicted octanol–water partition coefficient (Wildman–Crippen LogP) is 0.670. The van der Waals surface area contributed by atoms with Crippen molar-refractivity contribution in [1.82, 2.24) is 10.2 Å². The minimum absolute atomic E-state index is 0.0671. The van der Waals surface area contributed by atoms with Crippen LogP contribution in [-0.4, -0.2) is 54.4 Å². The van der Waals surface area contributed by atoms with Crippen molar-refractivity contribution in [3.63, 3.8) is 0 Å². The highest BCUT2D eigenvalue weighted by atomic mass is 16.5. The Morgan fingerprint density at radius 1 is 1.59 bits per heavy atom. The SMILES string of the molecule is CCC(COC)NC(=O)N1CCC[C@@H]1C(=O)O. The number of carbonyl (C=O) groups excluding carboxylic acids is 1. The van der Waals surface area contributed by atoms with E-state index in [1.807, 2.05) is 6.92 Å². The number of aliphatic carboxylic acids is 1. The summed E-state index contributed by atoms with van der Waals surface area (Å²) < 4.78 is 4.98. The molecule has 0 radical (unpaired) electrons. The first kappa shape index (κ1) is 13.8. The molecule has 1 rings (SSSR count). The lowest BCUT2D eigenvalue weighted by atomic mass is 10.2. The maximum Gasteiger partial charge on any atom is 0.326 e. The molecule has 6 nitrogen and oxygen atoms in total. The average Bonchev–Trinajstić information content (AvgIpc) is 2.77. The van der Waals surface area contributed by atoms with Gasteiger partial charge in [0.15, 0.2) is 0 Å². The molecule has 1 aliphatic heterocycles. The molecule has 2 atom stereocenters. The second-order valence-corrected chi connectivity index (χ2v) is 4.20. The maximum absolute atomic E-state index is 11.9. The Labute approximate surface area is 101 Å². The van der Waals surface area contributed by atoms with Crippen LogP contribution < -0.4 is 5.32 Å². The van der Waals surface area contributed by atoms with Crippen LogP contribution >= 0.6 is 0 Å². The number of rotatable bonds is 5. The normalized spacial score (nSPS) is 21.3. The number of amides is 2. The van der Waals surface area contributed by atoms with Crippen LogP contribution in [0, 0.1) is 0 Å². The molecule has 0 spiro atoms. The number of urea groups is 1. The van der Waals surface area contributed by atoms with E-state index in [1.54, 1.807) is 7.11 Å². The Hall–Kier alpha value is -1.30. The minimum Gasteiger partial charge on any atom is -0.480 e. The van der Waals surface area contributed by atoms with Crippen molar-refractivity contribution < 1.29 is 19.4 Å². The summed E-state index contributed by atoms with van der Waals surface area (Å²) in [6.45, 7) is 2.89. The standard InChI is InChI=1S/C11H20N2O4/c1-3-8(7-17-2)12-11(16)13-6-4-5-9(13)10(14)15/h8-9H,3-7H2,1-2H3,(H,12,16)(H,14,15)/t8?,9-/m1/s1. The summed E-state index contributed by atoms with van der Waals surface area (Å²) in [7, 11) is 1.57. The number of carboxylic acids is 1. The summed E-state index contributed by atoms with van der Waals surface area (Å²) >= 11 is 0. The maximum atomic E-state index is 11.9. The van der Waals surface area contributed by atoms with Gasteiger partial charge in [0.05, 0.1) is 12.6 Å². The van der Waals surface area contributed by atoms with E-state index in [-0.39, 0.29) is 12.1 Å². The number of nitrogens with one attached hydrogen (secondary N) is 1. The monoisotopic (exact) mass is 244 g/mol. The van der Waals surface area contributed by atoms with Crippen molar-refractivity contribution in [1.29, 1.82) is 0 Å². The third kappa shape index (κ3) is 3.59. The number of hydrogen-bond donors (Lipinski definition) is 2. The molecule has 1 unspecified atom stereocenters. The fourth-order valence-corrected chi connectivity index (χ4v) is 1.99. The second kappa shape index (κ2) is 6.44. The molecule has 17 heavy (non-hydrogen) atoms. The van der Waals surface area contributed by atoms with Crippen molar-refractivity contribution in [3.8, 4) is 0 Å².